The summed E-state index contributed by atoms with van der Waals surface area (Å²) < 4.78 is 6.71. The lowest BCUT2D eigenvalue weighted by Gasteiger charge is -2.36. The van der Waals surface area contributed by atoms with E-state index >= 15 is 0 Å². The van der Waals surface area contributed by atoms with Crippen LogP contribution in [-0.4, -0.2) is 15.0 Å². The van der Waals surface area contributed by atoms with Crippen molar-refractivity contribution >= 4 is 21.9 Å². The summed E-state index contributed by atoms with van der Waals surface area (Å²) in [6.45, 7) is 4.79. The molecule has 12 rings (SSSR count). The molecule has 0 aliphatic heterocycles. The SMILES string of the molecule is CC1(C)c2ccccc2-c2cc3c(cc21)-c1ccc(-c2ccc4oc5c(-c6nc(-c7ccccc7)nc(-c7ccccc7)n6)cccc5c4c2)cc1C31CCCCC1. The van der Waals surface area contributed by atoms with Gasteiger partial charge in [-0.2, -0.15) is 0 Å². The molecule has 3 aliphatic carbocycles. The third kappa shape index (κ3) is 4.84. The Morgan fingerprint density at radius 3 is 1.76 bits per heavy atom. The van der Waals surface area contributed by atoms with Gasteiger partial charge >= 0.3 is 0 Å². The van der Waals surface area contributed by atoms with E-state index < -0.39 is 0 Å². The van der Waals surface area contributed by atoms with Crippen LogP contribution >= 0.6 is 0 Å². The molecule has 0 bridgehead atoms. The lowest BCUT2D eigenvalue weighted by Crippen LogP contribution is -2.28. The summed E-state index contributed by atoms with van der Waals surface area (Å²) in [6, 6.07) is 54.7. The Bertz CT molecular complexity index is 3060. The first-order valence-corrected chi connectivity index (χ1v) is 20.7. The van der Waals surface area contributed by atoms with E-state index in [1.807, 2.05) is 60.7 Å². The lowest BCUT2D eigenvalue weighted by molar-refractivity contribution is 0.353. The normalized spacial score (nSPS) is 15.7. The van der Waals surface area contributed by atoms with Gasteiger partial charge in [0.05, 0.1) is 5.56 Å². The van der Waals surface area contributed by atoms with Crippen LogP contribution < -0.4 is 0 Å². The summed E-state index contributed by atoms with van der Waals surface area (Å²) in [7, 11) is 0. The molecule has 3 aliphatic rings. The van der Waals surface area contributed by atoms with Crippen LogP contribution in [0.2, 0.25) is 0 Å². The van der Waals surface area contributed by atoms with Gasteiger partial charge in [-0.25, -0.2) is 15.0 Å². The molecule has 4 heteroatoms. The number of rotatable bonds is 4. The maximum atomic E-state index is 6.71. The Balaban J connectivity index is 0.982. The molecule has 0 N–H and O–H groups in total. The van der Waals surface area contributed by atoms with Gasteiger partial charge in [0.25, 0.3) is 0 Å². The molecular formula is C54H41N3O. The highest BCUT2D eigenvalue weighted by atomic mass is 16.3. The quantitative estimate of drug-likeness (QED) is 0.180. The fourth-order valence-corrected chi connectivity index (χ4v) is 10.6. The third-order valence-electron chi connectivity index (χ3n) is 13.5. The number of fused-ring (bicyclic) bond motifs is 11. The topological polar surface area (TPSA) is 51.8 Å². The monoisotopic (exact) mass is 747 g/mol. The second kappa shape index (κ2) is 12.4. The molecule has 0 amide bonds. The number of hydrogen-bond donors (Lipinski definition) is 0. The molecule has 1 saturated carbocycles. The molecule has 9 aromatic rings. The number of benzene rings is 7. The molecule has 58 heavy (non-hydrogen) atoms. The predicted octanol–water partition coefficient (Wildman–Crippen LogP) is 14.0. The Morgan fingerprint density at radius 1 is 0.414 bits per heavy atom. The molecule has 0 atom stereocenters. The summed E-state index contributed by atoms with van der Waals surface area (Å²) in [5.74, 6) is 1.85. The molecule has 4 nitrogen and oxygen atoms in total. The van der Waals surface area contributed by atoms with E-state index in [0.717, 1.165) is 38.6 Å². The van der Waals surface area contributed by atoms with Crippen molar-refractivity contribution in [1.82, 2.24) is 15.0 Å². The van der Waals surface area contributed by atoms with E-state index in [-0.39, 0.29) is 10.8 Å². The second-order valence-corrected chi connectivity index (χ2v) is 17.1. The van der Waals surface area contributed by atoms with Crippen LogP contribution in [0.15, 0.2) is 156 Å². The first kappa shape index (κ1) is 33.5. The van der Waals surface area contributed by atoms with Crippen molar-refractivity contribution in [1.29, 1.82) is 0 Å². The molecule has 0 unspecified atom stereocenters. The number of hydrogen-bond acceptors (Lipinski definition) is 4. The van der Waals surface area contributed by atoms with Gasteiger partial charge in [0.15, 0.2) is 17.5 Å². The number of aromatic nitrogens is 3. The zero-order valence-electron chi connectivity index (χ0n) is 32.7. The second-order valence-electron chi connectivity index (χ2n) is 17.1. The van der Waals surface area contributed by atoms with Crippen LogP contribution in [0.1, 0.15) is 68.2 Å². The minimum absolute atomic E-state index is 0.0239. The Labute approximate surface area is 338 Å². The minimum atomic E-state index is -0.0239. The fraction of sp³-hybridized carbons (Fsp3) is 0.167. The molecule has 2 heterocycles. The molecular weight excluding hydrogens is 707 g/mol. The van der Waals surface area contributed by atoms with Crippen molar-refractivity contribution in [3.8, 4) is 67.5 Å². The molecule has 0 saturated heterocycles. The lowest BCUT2D eigenvalue weighted by atomic mass is 9.67. The third-order valence-corrected chi connectivity index (χ3v) is 13.5. The van der Waals surface area contributed by atoms with E-state index in [9.17, 15) is 0 Å². The van der Waals surface area contributed by atoms with Gasteiger partial charge in [-0.3, -0.25) is 0 Å². The largest absolute Gasteiger partial charge is 0.455 e. The van der Waals surface area contributed by atoms with Crippen LogP contribution in [0.3, 0.4) is 0 Å². The van der Waals surface area contributed by atoms with Crippen molar-refractivity contribution in [2.75, 3.05) is 0 Å². The summed E-state index contributed by atoms with van der Waals surface area (Å²) in [5.41, 5.74) is 18.4. The van der Waals surface area contributed by atoms with E-state index in [2.05, 4.69) is 105 Å². The predicted molar refractivity (Wildman–Crippen MR) is 236 cm³/mol. The number of para-hydroxylation sites is 1. The first-order chi connectivity index (χ1) is 28.5. The van der Waals surface area contributed by atoms with E-state index in [4.69, 9.17) is 19.4 Å². The highest BCUT2D eigenvalue weighted by molar-refractivity contribution is 6.10. The van der Waals surface area contributed by atoms with Gasteiger partial charge in [0.1, 0.15) is 11.2 Å². The maximum absolute atomic E-state index is 6.71. The molecule has 0 radical (unpaired) electrons. The fourth-order valence-electron chi connectivity index (χ4n) is 10.6. The molecule has 1 spiro atoms. The van der Waals surface area contributed by atoms with Crippen molar-refractivity contribution < 1.29 is 4.42 Å². The number of furan rings is 1. The highest BCUT2D eigenvalue weighted by Crippen LogP contribution is 2.60. The van der Waals surface area contributed by atoms with Gasteiger partial charge in [0.2, 0.25) is 0 Å². The van der Waals surface area contributed by atoms with E-state index in [1.54, 1.807) is 5.56 Å². The summed E-state index contributed by atoms with van der Waals surface area (Å²) in [6.07, 6.45) is 6.23. The molecule has 2 aromatic heterocycles. The summed E-state index contributed by atoms with van der Waals surface area (Å²) in [4.78, 5) is 15.0. The van der Waals surface area contributed by atoms with Crippen molar-refractivity contribution in [3.05, 3.63) is 174 Å². The van der Waals surface area contributed by atoms with Gasteiger partial charge < -0.3 is 4.42 Å². The van der Waals surface area contributed by atoms with Crippen molar-refractivity contribution in [2.45, 2.75) is 56.8 Å². The van der Waals surface area contributed by atoms with Gasteiger partial charge in [-0.15, -0.1) is 0 Å². The Hall–Kier alpha value is -6.65. The Morgan fingerprint density at radius 2 is 1.00 bits per heavy atom. The molecule has 7 aromatic carbocycles. The van der Waals surface area contributed by atoms with E-state index in [0.29, 0.717) is 17.5 Å². The zero-order valence-corrected chi connectivity index (χ0v) is 32.7. The van der Waals surface area contributed by atoms with Crippen molar-refractivity contribution in [3.63, 3.8) is 0 Å². The van der Waals surface area contributed by atoms with Crippen molar-refractivity contribution in [2.24, 2.45) is 0 Å². The van der Waals surface area contributed by atoms with Crippen LogP contribution in [0.4, 0.5) is 0 Å². The van der Waals surface area contributed by atoms with Gasteiger partial charge in [0, 0.05) is 32.7 Å². The summed E-state index contributed by atoms with van der Waals surface area (Å²) in [5, 5.41) is 2.13. The van der Waals surface area contributed by atoms with Crippen LogP contribution in [-0.2, 0) is 10.8 Å². The molecule has 278 valence electrons. The first-order valence-electron chi connectivity index (χ1n) is 20.7. The van der Waals surface area contributed by atoms with Gasteiger partial charge in [-0.1, -0.05) is 148 Å². The Kier molecular flexibility index (Phi) is 7.17. The summed E-state index contributed by atoms with van der Waals surface area (Å²) >= 11 is 0. The smallest absolute Gasteiger partial charge is 0.167 e. The average molecular weight is 748 g/mol. The standard InChI is InChI=1S/C54H41N3O/c1-53(2)44-22-11-10-19-37(44)41-32-47-42(31-45(41)53)38-25-23-36(30-46(38)54(47)27-12-5-13-28-54)35-24-26-48-43(29-35)39-20-14-21-40(49(39)58-48)52-56-50(33-15-6-3-7-16-33)55-51(57-52)34-17-8-4-9-18-34/h3-4,6-11,14-26,29-32H,5,12-13,27-28H2,1-2H3. The maximum Gasteiger partial charge on any atom is 0.167 e. The number of nitrogens with zero attached hydrogens (tertiary/aromatic N) is 3. The average Bonchev–Trinajstić information content (AvgIpc) is 3.86. The van der Waals surface area contributed by atoms with Crippen LogP contribution in [0.25, 0.3) is 89.5 Å². The zero-order chi connectivity index (χ0) is 38.6. The van der Waals surface area contributed by atoms with Crippen LogP contribution in [0.5, 0.6) is 0 Å². The van der Waals surface area contributed by atoms with Crippen LogP contribution in [0, 0.1) is 0 Å². The minimum Gasteiger partial charge on any atom is -0.455 e. The van der Waals surface area contributed by atoms with Gasteiger partial charge in [-0.05, 0) is 105 Å². The highest BCUT2D eigenvalue weighted by Gasteiger charge is 2.46. The molecule has 1 fully saturated rings. The van der Waals surface area contributed by atoms with E-state index in [1.165, 1.54) is 82.2 Å².